The fraction of sp³-hybridized carbons (Fsp3) is 0. The molecule has 0 spiro atoms. The van der Waals surface area contributed by atoms with Crippen LogP contribution < -0.4 is 9.79 Å². The molecule has 6 heavy (non-hydrogen) atoms. The Bertz CT molecular complexity index is 53.7. The monoisotopic (exact) mass is 159 g/mol. The molecular weight excluding hydrogens is 159 g/mol. The molecule has 1 N–H and O–H groups in total. The maximum absolute atomic E-state index is 8.66. The number of hydrogen-bond acceptors (Lipinski definition) is 3. The zero-order chi connectivity index (χ0) is 4.50. The summed E-state index contributed by atoms with van der Waals surface area (Å²) < 4.78 is 8.66. The van der Waals surface area contributed by atoms with Crippen molar-refractivity contribution >= 4 is 7.82 Å². The fourth-order valence-electron chi connectivity index (χ4n) is 0. The minimum Gasteiger partial charge on any atom is -0.790 e. The first-order valence-electron chi connectivity index (χ1n) is 0.748. The van der Waals surface area contributed by atoms with Crippen LogP contribution in [0.3, 0.4) is 0 Å². The Morgan fingerprint density at radius 2 is 1.50 bits per heavy atom. The van der Waals surface area contributed by atoms with Crippen molar-refractivity contribution in [2.45, 2.75) is 0 Å². The molecule has 0 aromatic rings. The van der Waals surface area contributed by atoms with E-state index in [0.29, 0.717) is 0 Å². The van der Waals surface area contributed by atoms with Gasteiger partial charge in [-0.1, -0.05) is 0 Å². The average Bonchev–Trinajstić information content (AvgIpc) is 0.722. The zero-order valence-electron chi connectivity index (χ0n) is 2.42. The number of hydrogen-bond donors (Lipinski definition) is 1. The Labute approximate surface area is 44.9 Å². The first kappa shape index (κ1) is 9.80. The van der Waals surface area contributed by atoms with Gasteiger partial charge in [0.15, 0.2) is 0 Å². The Morgan fingerprint density at radius 3 is 1.50 bits per heavy atom. The van der Waals surface area contributed by atoms with Crippen LogP contribution in [0.2, 0.25) is 0 Å². The van der Waals surface area contributed by atoms with Gasteiger partial charge in [0.2, 0.25) is 0 Å². The molecule has 0 atom stereocenters. The summed E-state index contributed by atoms with van der Waals surface area (Å²) in [6.45, 7) is 0. The van der Waals surface area contributed by atoms with Gasteiger partial charge in [0.1, 0.15) is 0 Å². The molecule has 0 amide bonds. The molecule has 0 aromatic heterocycles. The summed E-state index contributed by atoms with van der Waals surface area (Å²) in [6, 6.07) is 0. The van der Waals surface area contributed by atoms with Crippen LogP contribution >= 0.6 is 7.82 Å². The summed E-state index contributed by atoms with van der Waals surface area (Å²) >= 11 is 0. The molecule has 0 bridgehead atoms. The first-order valence-corrected chi connectivity index (χ1v) is 2.24. The molecule has 0 saturated carbocycles. The van der Waals surface area contributed by atoms with E-state index in [0.717, 1.165) is 0 Å². The average molecular weight is 160 g/mol. The summed E-state index contributed by atoms with van der Waals surface area (Å²) in [5.41, 5.74) is 0. The van der Waals surface area contributed by atoms with E-state index in [1.54, 1.807) is 0 Å². The van der Waals surface area contributed by atoms with Gasteiger partial charge in [0.05, 0.1) is 7.82 Å². The summed E-state index contributed by atoms with van der Waals surface area (Å²) in [5.74, 6) is 0. The number of phosphoric acid groups is 1. The second-order valence-corrected chi connectivity index (χ2v) is 1.41. The number of rotatable bonds is 0. The third kappa shape index (κ3) is 154. The van der Waals surface area contributed by atoms with Gasteiger partial charge >= 0.3 is 17.1 Å². The molecule has 0 aromatic carbocycles. The van der Waals surface area contributed by atoms with Crippen molar-refractivity contribution in [3.8, 4) is 0 Å². The van der Waals surface area contributed by atoms with Gasteiger partial charge in [-0.3, -0.25) is 0 Å². The van der Waals surface area contributed by atoms with Crippen LogP contribution in [0.25, 0.3) is 0 Å². The molecule has 41 valence electrons. The van der Waals surface area contributed by atoms with Crippen molar-refractivity contribution in [3.05, 3.63) is 0 Å². The van der Waals surface area contributed by atoms with Crippen LogP contribution in [-0.2, 0) is 21.6 Å². The fourth-order valence-corrected chi connectivity index (χ4v) is 0. The molecule has 0 fully saturated rings. The van der Waals surface area contributed by atoms with E-state index >= 15 is 0 Å². The normalized spacial score (nSPS) is 9.83. The second-order valence-electron chi connectivity index (χ2n) is 0.469. The SMILES string of the molecule is O=P([O-])([O-])O.[Cu+2]. The predicted molar refractivity (Wildman–Crippen MR) is 9.83 cm³/mol. The van der Waals surface area contributed by atoms with E-state index in [9.17, 15) is 0 Å². The molecule has 4 nitrogen and oxygen atoms in total. The quantitative estimate of drug-likeness (QED) is 0.321. The second kappa shape index (κ2) is 2.75. The van der Waals surface area contributed by atoms with E-state index in [1.807, 2.05) is 0 Å². The first-order chi connectivity index (χ1) is 2.00. The molecule has 1 radical (unpaired) electrons. The van der Waals surface area contributed by atoms with Crippen LogP contribution in [0, 0.1) is 0 Å². The zero-order valence-corrected chi connectivity index (χ0v) is 4.26. The third-order valence-electron chi connectivity index (χ3n) is 0. The van der Waals surface area contributed by atoms with Gasteiger partial charge in [-0.25, -0.2) is 0 Å². The summed E-state index contributed by atoms with van der Waals surface area (Å²) in [4.78, 5) is 24.3. The molecule has 0 unspecified atom stereocenters. The van der Waals surface area contributed by atoms with Gasteiger partial charge in [-0.2, -0.15) is 0 Å². The molecule has 0 heterocycles. The standard InChI is InChI=1S/Cu.H3O4P/c;1-5(2,3)4/h;(H3,1,2,3,4)/q+2;/p-2. The van der Waals surface area contributed by atoms with Crippen LogP contribution in [0.5, 0.6) is 0 Å². The Morgan fingerprint density at radius 1 is 1.50 bits per heavy atom. The van der Waals surface area contributed by atoms with Gasteiger partial charge in [0, 0.05) is 0 Å². The van der Waals surface area contributed by atoms with Crippen molar-refractivity contribution in [1.29, 1.82) is 0 Å². The van der Waals surface area contributed by atoms with E-state index in [1.165, 1.54) is 0 Å². The molecule has 0 aliphatic rings. The molecular formula is HCuO4P. The molecule has 6 heteroatoms. The minimum absolute atomic E-state index is 0. The topological polar surface area (TPSA) is 83.4 Å². The largest absolute Gasteiger partial charge is 2.00 e. The van der Waals surface area contributed by atoms with E-state index in [4.69, 9.17) is 19.2 Å². The van der Waals surface area contributed by atoms with Crippen LogP contribution in [0.15, 0.2) is 0 Å². The van der Waals surface area contributed by atoms with E-state index in [-0.39, 0.29) is 17.1 Å². The summed E-state index contributed by atoms with van der Waals surface area (Å²) in [5, 5.41) is 0. The van der Waals surface area contributed by atoms with Gasteiger partial charge in [-0.05, 0) is 0 Å². The molecule has 0 aliphatic heterocycles. The summed E-state index contributed by atoms with van der Waals surface area (Å²) in [7, 11) is -5.14. The van der Waals surface area contributed by atoms with Gasteiger partial charge < -0.3 is 19.2 Å². The van der Waals surface area contributed by atoms with Crippen molar-refractivity contribution in [3.63, 3.8) is 0 Å². The Kier molecular flexibility index (Phi) is 4.49. The van der Waals surface area contributed by atoms with Crippen molar-refractivity contribution in [1.82, 2.24) is 0 Å². The van der Waals surface area contributed by atoms with E-state index < -0.39 is 7.82 Å². The van der Waals surface area contributed by atoms with E-state index in [2.05, 4.69) is 0 Å². The molecule has 0 aliphatic carbocycles. The Balaban J connectivity index is 0. The van der Waals surface area contributed by atoms with Crippen LogP contribution in [0.4, 0.5) is 0 Å². The third-order valence-corrected chi connectivity index (χ3v) is 0. The van der Waals surface area contributed by atoms with Gasteiger partial charge in [0.25, 0.3) is 0 Å². The van der Waals surface area contributed by atoms with Crippen molar-refractivity contribution in [2.24, 2.45) is 0 Å². The maximum Gasteiger partial charge on any atom is 2.00 e. The van der Waals surface area contributed by atoms with Crippen molar-refractivity contribution < 1.29 is 36.3 Å². The van der Waals surface area contributed by atoms with Crippen molar-refractivity contribution in [2.75, 3.05) is 0 Å². The van der Waals surface area contributed by atoms with Crippen LogP contribution in [-0.4, -0.2) is 4.89 Å². The predicted octanol–water partition coefficient (Wildman–Crippen LogP) is -2.20. The molecule has 0 saturated heterocycles. The Hall–Kier alpha value is 0.629. The minimum atomic E-state index is -5.14. The van der Waals surface area contributed by atoms with Crippen LogP contribution in [0.1, 0.15) is 0 Å². The van der Waals surface area contributed by atoms with Gasteiger partial charge in [-0.15, -0.1) is 0 Å². The maximum atomic E-state index is 8.66. The molecule has 0 rings (SSSR count). The smallest absolute Gasteiger partial charge is 0.790 e. The summed E-state index contributed by atoms with van der Waals surface area (Å²) in [6.07, 6.45) is 0.